The van der Waals surface area contributed by atoms with Gasteiger partial charge in [0.15, 0.2) is 17.3 Å². The van der Waals surface area contributed by atoms with E-state index in [2.05, 4.69) is 0 Å². The minimum absolute atomic E-state index is 0.0123. The first-order chi connectivity index (χ1) is 17.6. The molecule has 0 fully saturated rings. The van der Waals surface area contributed by atoms with E-state index in [1.165, 1.54) is 71.7 Å². The van der Waals surface area contributed by atoms with Gasteiger partial charge in [-0.15, -0.1) is 0 Å². The SMILES string of the molecule is COc1cc(-c2oc3ccc(CCCCCCCCCCCCCO)cc3c(=O)c2OC)ccc1O. The standard InChI is InChI=1S/C30H40O6/c1-34-27-21-23(16-17-25(27)32)29-30(35-2)28(33)24-20-22(15-18-26(24)36-29)14-12-10-8-6-4-3-5-7-9-11-13-19-31/h15-18,20-21,31-32H,3-14,19H2,1-2H3. The van der Waals surface area contributed by atoms with E-state index in [1.807, 2.05) is 18.2 Å². The Morgan fingerprint density at radius 3 is 2.03 bits per heavy atom. The number of unbranched alkanes of at least 4 members (excludes halogenated alkanes) is 10. The summed E-state index contributed by atoms with van der Waals surface area (Å²) in [6, 6.07) is 10.6. The minimum Gasteiger partial charge on any atom is -0.504 e. The molecule has 0 aliphatic rings. The molecule has 2 aromatic carbocycles. The molecule has 3 aromatic rings. The number of fused-ring (bicyclic) bond motifs is 1. The number of phenols is 1. The van der Waals surface area contributed by atoms with Crippen LogP contribution in [-0.4, -0.2) is 31.0 Å². The van der Waals surface area contributed by atoms with Crippen LogP contribution in [0, 0.1) is 0 Å². The molecule has 1 aromatic heterocycles. The zero-order valence-corrected chi connectivity index (χ0v) is 21.7. The van der Waals surface area contributed by atoms with E-state index in [0.29, 0.717) is 34.6 Å². The number of rotatable bonds is 16. The maximum atomic E-state index is 13.2. The fraction of sp³-hybridized carbons (Fsp3) is 0.500. The average molecular weight is 497 g/mol. The maximum absolute atomic E-state index is 13.2. The molecule has 0 spiro atoms. The Bertz CT molecular complexity index is 1150. The molecule has 0 aliphatic carbocycles. The second kappa shape index (κ2) is 14.5. The van der Waals surface area contributed by atoms with Gasteiger partial charge in [-0.2, -0.15) is 0 Å². The summed E-state index contributed by atoms with van der Waals surface area (Å²) >= 11 is 0. The molecular formula is C30H40O6. The molecule has 6 nitrogen and oxygen atoms in total. The lowest BCUT2D eigenvalue weighted by Gasteiger charge is -2.11. The van der Waals surface area contributed by atoms with Crippen LogP contribution in [-0.2, 0) is 6.42 Å². The van der Waals surface area contributed by atoms with Crippen molar-refractivity contribution in [2.24, 2.45) is 0 Å². The van der Waals surface area contributed by atoms with Gasteiger partial charge < -0.3 is 24.1 Å². The van der Waals surface area contributed by atoms with Gasteiger partial charge in [0.2, 0.25) is 11.2 Å². The van der Waals surface area contributed by atoms with Gasteiger partial charge in [-0.05, 0) is 55.2 Å². The van der Waals surface area contributed by atoms with Crippen LogP contribution in [0.1, 0.15) is 76.2 Å². The molecule has 3 rings (SSSR count). The second-order valence-corrected chi connectivity index (χ2v) is 9.37. The molecule has 6 heteroatoms. The van der Waals surface area contributed by atoms with Crippen molar-refractivity contribution >= 4 is 11.0 Å². The zero-order valence-electron chi connectivity index (χ0n) is 21.7. The van der Waals surface area contributed by atoms with Crippen LogP contribution in [0.2, 0.25) is 0 Å². The van der Waals surface area contributed by atoms with Crippen molar-refractivity contribution in [1.82, 2.24) is 0 Å². The largest absolute Gasteiger partial charge is 0.504 e. The summed E-state index contributed by atoms with van der Waals surface area (Å²) in [6.45, 7) is 0.318. The van der Waals surface area contributed by atoms with Crippen molar-refractivity contribution in [3.8, 4) is 28.6 Å². The lowest BCUT2D eigenvalue weighted by atomic mass is 10.0. The normalized spacial score (nSPS) is 11.2. The van der Waals surface area contributed by atoms with Crippen LogP contribution in [0.15, 0.2) is 45.6 Å². The molecule has 0 aliphatic heterocycles. The number of aromatic hydroxyl groups is 1. The number of methoxy groups -OCH3 is 2. The average Bonchev–Trinajstić information content (AvgIpc) is 2.89. The van der Waals surface area contributed by atoms with Gasteiger partial charge in [0.05, 0.1) is 19.6 Å². The van der Waals surface area contributed by atoms with Crippen LogP contribution in [0.5, 0.6) is 17.2 Å². The van der Waals surface area contributed by atoms with Gasteiger partial charge >= 0.3 is 0 Å². The highest BCUT2D eigenvalue weighted by Gasteiger charge is 2.18. The van der Waals surface area contributed by atoms with Gasteiger partial charge in [0.25, 0.3) is 0 Å². The van der Waals surface area contributed by atoms with Crippen molar-refractivity contribution in [1.29, 1.82) is 0 Å². The van der Waals surface area contributed by atoms with Crippen LogP contribution in [0.3, 0.4) is 0 Å². The van der Waals surface area contributed by atoms with E-state index in [-0.39, 0.29) is 16.9 Å². The van der Waals surface area contributed by atoms with E-state index in [1.54, 1.807) is 12.1 Å². The van der Waals surface area contributed by atoms with Crippen LogP contribution in [0.4, 0.5) is 0 Å². The third kappa shape index (κ3) is 7.50. The summed E-state index contributed by atoms with van der Waals surface area (Å²) < 4.78 is 16.7. The second-order valence-electron chi connectivity index (χ2n) is 9.37. The number of benzene rings is 2. The molecular weight excluding hydrogens is 456 g/mol. The van der Waals surface area contributed by atoms with E-state index >= 15 is 0 Å². The van der Waals surface area contributed by atoms with Crippen molar-refractivity contribution in [2.75, 3.05) is 20.8 Å². The molecule has 0 amide bonds. The predicted octanol–water partition coefficient (Wildman–Crippen LogP) is 7.01. The number of aliphatic hydroxyl groups excluding tert-OH is 1. The Labute approximate surface area is 213 Å². The Morgan fingerprint density at radius 2 is 1.42 bits per heavy atom. The fourth-order valence-electron chi connectivity index (χ4n) is 4.61. The number of ether oxygens (including phenoxy) is 2. The molecule has 0 unspecified atom stereocenters. The highest BCUT2D eigenvalue weighted by molar-refractivity contribution is 5.83. The van der Waals surface area contributed by atoms with Crippen molar-refractivity contribution in [2.45, 2.75) is 77.0 Å². The summed E-state index contributed by atoms with van der Waals surface area (Å²) in [6.07, 6.45) is 14.3. The van der Waals surface area contributed by atoms with Crippen LogP contribution in [0.25, 0.3) is 22.3 Å². The molecule has 1 heterocycles. The first-order valence-electron chi connectivity index (χ1n) is 13.2. The topological polar surface area (TPSA) is 89.1 Å². The van der Waals surface area contributed by atoms with Crippen molar-refractivity contribution in [3.63, 3.8) is 0 Å². The van der Waals surface area contributed by atoms with Gasteiger partial charge in [0.1, 0.15) is 5.58 Å². The smallest absolute Gasteiger partial charge is 0.235 e. The molecule has 0 atom stereocenters. The van der Waals surface area contributed by atoms with E-state index in [0.717, 1.165) is 31.2 Å². The molecule has 196 valence electrons. The van der Waals surface area contributed by atoms with E-state index < -0.39 is 0 Å². The first kappa shape index (κ1) is 27.6. The lowest BCUT2D eigenvalue weighted by molar-refractivity contribution is 0.282. The van der Waals surface area contributed by atoms with Crippen molar-refractivity contribution < 1.29 is 24.1 Å². The first-order valence-corrected chi connectivity index (χ1v) is 13.2. The molecule has 2 N–H and O–H groups in total. The summed E-state index contributed by atoms with van der Waals surface area (Å²) in [7, 11) is 2.93. The van der Waals surface area contributed by atoms with E-state index in [9.17, 15) is 9.90 Å². The summed E-state index contributed by atoms with van der Waals surface area (Å²) in [5.41, 5.74) is 2.01. The zero-order chi connectivity index (χ0) is 25.8. The van der Waals surface area contributed by atoms with Crippen LogP contribution < -0.4 is 14.9 Å². The van der Waals surface area contributed by atoms with Crippen molar-refractivity contribution in [3.05, 3.63) is 52.2 Å². The quantitative estimate of drug-likeness (QED) is 0.207. The lowest BCUT2D eigenvalue weighted by Crippen LogP contribution is -2.08. The highest BCUT2D eigenvalue weighted by Crippen LogP contribution is 2.36. The van der Waals surface area contributed by atoms with Gasteiger partial charge in [0, 0.05) is 12.2 Å². The Hall–Kier alpha value is -2.99. The number of hydrogen-bond donors (Lipinski definition) is 2. The minimum atomic E-state index is -0.209. The monoisotopic (exact) mass is 496 g/mol. The van der Waals surface area contributed by atoms with Crippen LogP contribution >= 0.6 is 0 Å². The summed E-state index contributed by atoms with van der Waals surface area (Å²) in [5, 5.41) is 19.2. The number of aliphatic hydroxyl groups is 1. The molecule has 0 saturated carbocycles. The summed E-state index contributed by atoms with van der Waals surface area (Å²) in [4.78, 5) is 13.2. The highest BCUT2D eigenvalue weighted by atomic mass is 16.5. The Morgan fingerprint density at radius 1 is 0.778 bits per heavy atom. The Kier molecular flexibility index (Phi) is 11.1. The predicted molar refractivity (Wildman–Crippen MR) is 144 cm³/mol. The third-order valence-corrected chi connectivity index (χ3v) is 6.68. The van der Waals surface area contributed by atoms with Gasteiger partial charge in [-0.3, -0.25) is 4.79 Å². The molecule has 36 heavy (non-hydrogen) atoms. The van der Waals surface area contributed by atoms with E-state index in [4.69, 9.17) is 19.0 Å². The Balaban J connectivity index is 1.55. The number of hydrogen-bond acceptors (Lipinski definition) is 6. The number of phenolic OH excluding ortho intramolecular Hbond substituents is 1. The molecule has 0 saturated heterocycles. The van der Waals surface area contributed by atoms with Gasteiger partial charge in [-0.1, -0.05) is 63.9 Å². The summed E-state index contributed by atoms with van der Waals surface area (Å²) in [5.74, 6) is 0.757. The fourth-order valence-corrected chi connectivity index (χ4v) is 4.61. The third-order valence-electron chi connectivity index (χ3n) is 6.68. The van der Waals surface area contributed by atoms with Gasteiger partial charge in [-0.25, -0.2) is 0 Å². The maximum Gasteiger partial charge on any atom is 0.235 e. The number of aryl methyl sites for hydroxylation is 1. The molecule has 0 bridgehead atoms. The molecule has 0 radical (unpaired) electrons.